The fourth-order valence-corrected chi connectivity index (χ4v) is 2.45. The number of hydrogen-bond donors (Lipinski definition) is 0. The van der Waals surface area contributed by atoms with Gasteiger partial charge in [0.05, 0.1) is 12.0 Å². The molecule has 0 radical (unpaired) electrons. The average molecular weight is 213 g/mol. The lowest BCUT2D eigenvalue weighted by molar-refractivity contribution is -0.121. The summed E-state index contributed by atoms with van der Waals surface area (Å²) >= 11 is 0. The van der Waals surface area contributed by atoms with E-state index in [2.05, 4.69) is 6.07 Å². The maximum Gasteiger partial charge on any atom is 0.133 e. The van der Waals surface area contributed by atoms with E-state index in [9.17, 15) is 10.1 Å². The summed E-state index contributed by atoms with van der Waals surface area (Å²) in [5.74, 6) is 0.409. The number of hydrogen-bond acceptors (Lipinski definition) is 2. The molecule has 0 spiro atoms. The Bertz CT molecular complexity index is 404. The van der Waals surface area contributed by atoms with Gasteiger partial charge in [-0.1, -0.05) is 30.3 Å². The lowest BCUT2D eigenvalue weighted by Crippen LogP contribution is -2.20. The first-order chi connectivity index (χ1) is 7.81. The third-order valence-electron chi connectivity index (χ3n) is 3.29. The molecule has 0 saturated heterocycles. The van der Waals surface area contributed by atoms with E-state index in [-0.39, 0.29) is 11.8 Å². The minimum atomic E-state index is -0.120. The fraction of sp³-hybridized carbons (Fsp3) is 0.429. The zero-order valence-corrected chi connectivity index (χ0v) is 9.23. The highest BCUT2D eigenvalue weighted by Gasteiger charge is 2.28. The number of ketones is 1. The van der Waals surface area contributed by atoms with E-state index < -0.39 is 0 Å². The Morgan fingerprint density at radius 3 is 2.69 bits per heavy atom. The molecule has 0 bridgehead atoms. The molecule has 2 rings (SSSR count). The SMILES string of the molecule is N#C[C@@H](c1ccccc1)[C@@H]1CCCC(=O)C1. The number of rotatable bonds is 2. The van der Waals surface area contributed by atoms with Crippen LogP contribution in [0.1, 0.15) is 37.2 Å². The van der Waals surface area contributed by atoms with Gasteiger partial charge in [-0.3, -0.25) is 4.79 Å². The molecule has 0 amide bonds. The fourth-order valence-electron chi connectivity index (χ4n) is 2.45. The molecule has 0 unspecified atom stereocenters. The number of nitriles is 1. The molecule has 0 aliphatic heterocycles. The van der Waals surface area contributed by atoms with Gasteiger partial charge < -0.3 is 0 Å². The third kappa shape index (κ3) is 2.30. The van der Waals surface area contributed by atoms with Gasteiger partial charge in [-0.25, -0.2) is 0 Å². The van der Waals surface area contributed by atoms with E-state index >= 15 is 0 Å². The topological polar surface area (TPSA) is 40.9 Å². The average Bonchev–Trinajstić information content (AvgIpc) is 2.31. The zero-order chi connectivity index (χ0) is 11.4. The Balaban J connectivity index is 2.17. The van der Waals surface area contributed by atoms with E-state index in [1.54, 1.807) is 0 Å². The van der Waals surface area contributed by atoms with E-state index in [0.717, 1.165) is 18.4 Å². The van der Waals surface area contributed by atoms with Gasteiger partial charge in [0.1, 0.15) is 5.78 Å². The van der Waals surface area contributed by atoms with E-state index in [4.69, 9.17) is 0 Å². The van der Waals surface area contributed by atoms with Crippen LogP contribution in [0.5, 0.6) is 0 Å². The van der Waals surface area contributed by atoms with Crippen LogP contribution in [0.4, 0.5) is 0 Å². The highest BCUT2D eigenvalue weighted by Crippen LogP contribution is 2.34. The van der Waals surface area contributed by atoms with Crippen LogP contribution in [0.3, 0.4) is 0 Å². The first kappa shape index (κ1) is 10.9. The summed E-state index contributed by atoms with van der Waals surface area (Å²) < 4.78 is 0. The van der Waals surface area contributed by atoms with Crippen LogP contribution >= 0.6 is 0 Å². The van der Waals surface area contributed by atoms with Crippen molar-refractivity contribution in [1.29, 1.82) is 5.26 Å². The number of carbonyl (C=O) groups excluding carboxylic acids is 1. The highest BCUT2D eigenvalue weighted by atomic mass is 16.1. The molecule has 0 aromatic heterocycles. The predicted molar refractivity (Wildman–Crippen MR) is 61.8 cm³/mol. The van der Waals surface area contributed by atoms with E-state index in [1.807, 2.05) is 30.3 Å². The van der Waals surface area contributed by atoms with Gasteiger partial charge in [0.15, 0.2) is 0 Å². The molecular formula is C14H15NO. The lowest BCUT2D eigenvalue weighted by atomic mass is 9.77. The van der Waals surface area contributed by atoms with Gasteiger partial charge in [-0.2, -0.15) is 5.26 Å². The number of carbonyl (C=O) groups is 1. The van der Waals surface area contributed by atoms with Crippen molar-refractivity contribution < 1.29 is 4.79 Å². The molecule has 0 heterocycles. The molecule has 1 saturated carbocycles. The second-order valence-electron chi connectivity index (χ2n) is 4.41. The van der Waals surface area contributed by atoms with Crippen molar-refractivity contribution in [1.82, 2.24) is 0 Å². The highest BCUT2D eigenvalue weighted by molar-refractivity contribution is 5.79. The van der Waals surface area contributed by atoms with Crippen LogP contribution < -0.4 is 0 Å². The Morgan fingerprint density at radius 1 is 1.31 bits per heavy atom. The summed E-state index contributed by atoms with van der Waals surface area (Å²) in [4.78, 5) is 11.4. The Hall–Kier alpha value is -1.62. The summed E-state index contributed by atoms with van der Waals surface area (Å²) in [5, 5.41) is 9.26. The van der Waals surface area contributed by atoms with E-state index in [0.29, 0.717) is 18.6 Å². The van der Waals surface area contributed by atoms with Crippen molar-refractivity contribution >= 4 is 5.78 Å². The van der Waals surface area contributed by atoms with Crippen molar-refractivity contribution in [3.8, 4) is 6.07 Å². The normalized spacial score (nSPS) is 22.4. The molecule has 1 aliphatic carbocycles. The van der Waals surface area contributed by atoms with Crippen LogP contribution in [-0.2, 0) is 4.79 Å². The monoisotopic (exact) mass is 213 g/mol. The number of benzene rings is 1. The molecular weight excluding hydrogens is 198 g/mol. The molecule has 1 aromatic carbocycles. The van der Waals surface area contributed by atoms with Crippen LogP contribution in [-0.4, -0.2) is 5.78 Å². The van der Waals surface area contributed by atoms with Crippen molar-refractivity contribution in [2.24, 2.45) is 5.92 Å². The predicted octanol–water partition coefficient (Wildman–Crippen LogP) is 3.05. The Labute approximate surface area is 95.9 Å². The zero-order valence-electron chi connectivity index (χ0n) is 9.23. The van der Waals surface area contributed by atoms with Gasteiger partial charge >= 0.3 is 0 Å². The van der Waals surface area contributed by atoms with E-state index in [1.165, 1.54) is 0 Å². The maximum absolute atomic E-state index is 11.4. The lowest BCUT2D eigenvalue weighted by Gasteiger charge is -2.25. The first-order valence-corrected chi connectivity index (χ1v) is 5.77. The van der Waals surface area contributed by atoms with Gasteiger partial charge in [0.2, 0.25) is 0 Å². The minimum absolute atomic E-state index is 0.120. The van der Waals surface area contributed by atoms with Crippen LogP contribution in [0.25, 0.3) is 0 Å². The second kappa shape index (κ2) is 4.94. The molecule has 2 atom stereocenters. The molecule has 1 fully saturated rings. The maximum atomic E-state index is 11.4. The Morgan fingerprint density at radius 2 is 2.06 bits per heavy atom. The quantitative estimate of drug-likeness (QED) is 0.757. The standard InChI is InChI=1S/C14H15NO/c15-10-14(11-5-2-1-3-6-11)12-7-4-8-13(16)9-12/h1-3,5-6,12,14H,4,7-9H2/t12-,14+/m1/s1. The summed E-state index contributed by atoms with van der Waals surface area (Å²) in [6.45, 7) is 0. The summed E-state index contributed by atoms with van der Waals surface area (Å²) in [5.41, 5.74) is 1.05. The van der Waals surface area contributed by atoms with Crippen molar-refractivity contribution in [3.63, 3.8) is 0 Å². The smallest absolute Gasteiger partial charge is 0.133 e. The van der Waals surface area contributed by atoms with Gasteiger partial charge in [-0.05, 0) is 24.3 Å². The second-order valence-corrected chi connectivity index (χ2v) is 4.41. The van der Waals surface area contributed by atoms with Gasteiger partial charge in [-0.15, -0.1) is 0 Å². The van der Waals surface area contributed by atoms with Crippen molar-refractivity contribution in [2.75, 3.05) is 0 Å². The number of nitrogens with zero attached hydrogens (tertiary/aromatic N) is 1. The largest absolute Gasteiger partial charge is 0.300 e. The first-order valence-electron chi connectivity index (χ1n) is 5.77. The summed E-state index contributed by atoms with van der Waals surface area (Å²) in [6, 6.07) is 12.2. The molecule has 0 N–H and O–H groups in total. The molecule has 16 heavy (non-hydrogen) atoms. The minimum Gasteiger partial charge on any atom is -0.300 e. The molecule has 1 aliphatic rings. The molecule has 2 heteroatoms. The third-order valence-corrected chi connectivity index (χ3v) is 3.29. The Kier molecular flexibility index (Phi) is 3.36. The summed E-state index contributed by atoms with van der Waals surface area (Å²) in [7, 11) is 0. The van der Waals surface area contributed by atoms with Crippen molar-refractivity contribution in [3.05, 3.63) is 35.9 Å². The van der Waals surface area contributed by atoms with Crippen LogP contribution in [0.2, 0.25) is 0 Å². The van der Waals surface area contributed by atoms with Crippen molar-refractivity contribution in [2.45, 2.75) is 31.6 Å². The molecule has 82 valence electrons. The van der Waals surface area contributed by atoms with Crippen LogP contribution in [0, 0.1) is 17.2 Å². The number of Topliss-reactive ketones (excluding diaryl/α,β-unsaturated/α-hetero) is 1. The summed E-state index contributed by atoms with van der Waals surface area (Å²) in [6.07, 6.45) is 3.21. The van der Waals surface area contributed by atoms with Gasteiger partial charge in [0.25, 0.3) is 0 Å². The molecule has 2 nitrogen and oxygen atoms in total. The van der Waals surface area contributed by atoms with Crippen LogP contribution in [0.15, 0.2) is 30.3 Å². The van der Waals surface area contributed by atoms with Gasteiger partial charge in [0, 0.05) is 12.8 Å². The molecule has 1 aromatic rings.